The van der Waals surface area contributed by atoms with E-state index in [1.54, 1.807) is 43.4 Å². The van der Waals surface area contributed by atoms with Crippen molar-refractivity contribution in [3.63, 3.8) is 0 Å². The predicted molar refractivity (Wildman–Crippen MR) is 154 cm³/mol. The summed E-state index contributed by atoms with van der Waals surface area (Å²) in [6, 6.07) is 6.28. The molecule has 0 unspecified atom stereocenters. The van der Waals surface area contributed by atoms with Crippen molar-refractivity contribution in [1.82, 2.24) is 9.88 Å². The Morgan fingerprint density at radius 3 is 2.59 bits per heavy atom. The van der Waals surface area contributed by atoms with Gasteiger partial charge in [-0.1, -0.05) is 15.9 Å². The molecule has 0 bridgehead atoms. The van der Waals surface area contributed by atoms with Crippen LogP contribution in [0.4, 0.5) is 10.5 Å². The number of carbonyl (C=O) groups excluding carboxylic acids is 4. The first kappa shape index (κ1) is 27.1. The summed E-state index contributed by atoms with van der Waals surface area (Å²) < 4.78 is 8.24. The molecule has 4 amide bonds. The molecule has 5 rings (SSSR count). The maximum absolute atomic E-state index is 13.5. The highest BCUT2D eigenvalue weighted by molar-refractivity contribution is 9.10. The number of hydrogen-bond donors (Lipinski definition) is 1. The van der Waals surface area contributed by atoms with E-state index < -0.39 is 17.8 Å². The average Bonchev–Trinajstić information content (AvgIpc) is 3.39. The lowest BCUT2D eigenvalue weighted by molar-refractivity contribution is -0.122. The van der Waals surface area contributed by atoms with Gasteiger partial charge in [-0.05, 0) is 100 Å². The molecule has 3 aromatic rings. The molecule has 10 heteroatoms. The zero-order valence-electron chi connectivity index (χ0n) is 22.1. The molecule has 2 aromatic heterocycles. The molecule has 0 saturated carbocycles. The van der Waals surface area contributed by atoms with Crippen molar-refractivity contribution < 1.29 is 23.9 Å². The number of thiophene rings is 1. The van der Waals surface area contributed by atoms with Crippen molar-refractivity contribution >= 4 is 62.8 Å². The third-order valence-corrected chi connectivity index (χ3v) is 8.88. The van der Waals surface area contributed by atoms with Crippen molar-refractivity contribution in [2.24, 2.45) is 0 Å². The van der Waals surface area contributed by atoms with E-state index in [4.69, 9.17) is 4.74 Å². The topological polar surface area (TPSA) is 97.7 Å². The summed E-state index contributed by atoms with van der Waals surface area (Å²) in [5.74, 6) is -1.78. The van der Waals surface area contributed by atoms with Crippen LogP contribution in [0.2, 0.25) is 0 Å². The van der Waals surface area contributed by atoms with Crippen LogP contribution in [0.1, 0.15) is 63.1 Å². The minimum absolute atomic E-state index is 0.145. The largest absolute Gasteiger partial charge is 0.462 e. The lowest BCUT2D eigenvalue weighted by atomic mass is 9.95. The molecule has 1 fully saturated rings. The second-order valence-corrected chi connectivity index (χ2v) is 11.7. The van der Waals surface area contributed by atoms with E-state index in [9.17, 15) is 19.2 Å². The summed E-state index contributed by atoms with van der Waals surface area (Å²) in [7, 11) is 0. The summed E-state index contributed by atoms with van der Waals surface area (Å²) in [6.07, 6.45) is 5.39. The van der Waals surface area contributed by atoms with Gasteiger partial charge in [-0.25, -0.2) is 14.5 Å². The number of anilines is 1. The summed E-state index contributed by atoms with van der Waals surface area (Å²) in [6.45, 7) is 7.68. The molecule has 0 radical (unpaired) electrons. The fourth-order valence-corrected chi connectivity index (χ4v) is 7.23. The van der Waals surface area contributed by atoms with Crippen LogP contribution in [-0.2, 0) is 27.2 Å². The van der Waals surface area contributed by atoms with Gasteiger partial charge in [-0.15, -0.1) is 11.3 Å². The Morgan fingerprint density at radius 2 is 1.87 bits per heavy atom. The molecule has 1 aromatic carbocycles. The molecule has 0 spiro atoms. The van der Waals surface area contributed by atoms with Crippen LogP contribution in [0.25, 0.3) is 11.1 Å². The molecule has 39 heavy (non-hydrogen) atoms. The lowest BCUT2D eigenvalue weighted by Gasteiger charge is -2.27. The Labute approximate surface area is 238 Å². The molecular weight excluding hydrogens is 582 g/mol. The number of benzene rings is 1. The van der Waals surface area contributed by atoms with Crippen molar-refractivity contribution in [3.05, 3.63) is 72.8 Å². The number of carbonyl (C=O) groups is 4. The number of halogens is 1. The predicted octanol–water partition coefficient (Wildman–Crippen LogP) is 5.95. The van der Waals surface area contributed by atoms with Crippen LogP contribution < -0.4 is 10.2 Å². The minimum Gasteiger partial charge on any atom is -0.462 e. The maximum Gasteiger partial charge on any atom is 0.341 e. The summed E-state index contributed by atoms with van der Waals surface area (Å²) in [5.41, 5.74) is 4.89. The monoisotopic (exact) mass is 609 g/mol. The number of urea groups is 1. The van der Waals surface area contributed by atoms with E-state index in [1.165, 1.54) is 11.0 Å². The van der Waals surface area contributed by atoms with Gasteiger partial charge in [0.25, 0.3) is 11.8 Å². The number of nitrogens with one attached hydrogen (secondary N) is 1. The number of imide groups is 2. The molecule has 2 aliphatic rings. The lowest BCUT2D eigenvalue weighted by Crippen LogP contribution is -2.54. The SMILES string of the molecule is CCOC(=O)c1c(-n2c(C)cc(/C=C3/C(=O)NC(=O)N(c4ccc(Br)cc4C)C3=O)c2C)sc2c1CCCC2. The Bertz CT molecular complexity index is 1580. The molecule has 3 heterocycles. The Hall–Kier alpha value is -3.50. The molecular formula is C29H28BrN3O5S. The number of barbiturate groups is 1. The number of aryl methyl sites for hydroxylation is 3. The van der Waals surface area contributed by atoms with E-state index in [0.29, 0.717) is 22.4 Å². The van der Waals surface area contributed by atoms with E-state index in [1.807, 2.05) is 24.5 Å². The van der Waals surface area contributed by atoms with Crippen LogP contribution in [-0.4, -0.2) is 35.0 Å². The highest BCUT2D eigenvalue weighted by Gasteiger charge is 2.38. The van der Waals surface area contributed by atoms with Crippen LogP contribution >= 0.6 is 27.3 Å². The van der Waals surface area contributed by atoms with Gasteiger partial charge in [0.1, 0.15) is 10.6 Å². The molecule has 1 aliphatic carbocycles. The minimum atomic E-state index is -0.790. The standard InChI is InChI=1S/C29H28BrN3O5S/c1-5-38-28(36)24-20-8-6-7-9-23(20)39-27(24)32-16(3)13-18(17(32)4)14-21-25(34)31-29(37)33(26(21)35)22-11-10-19(30)12-15(22)2/h10-14H,5-9H2,1-4H3,(H,31,34,37)/b21-14-. The van der Waals surface area contributed by atoms with Gasteiger partial charge in [0.15, 0.2) is 0 Å². The van der Waals surface area contributed by atoms with Crippen molar-refractivity contribution in [1.29, 1.82) is 0 Å². The number of esters is 1. The van der Waals surface area contributed by atoms with Crippen LogP contribution in [0.5, 0.6) is 0 Å². The Kier molecular flexibility index (Phi) is 7.35. The van der Waals surface area contributed by atoms with E-state index in [0.717, 1.165) is 57.0 Å². The van der Waals surface area contributed by atoms with Crippen molar-refractivity contribution in [3.8, 4) is 5.00 Å². The van der Waals surface area contributed by atoms with E-state index >= 15 is 0 Å². The molecule has 0 atom stereocenters. The second-order valence-electron chi connectivity index (χ2n) is 9.66. The number of nitrogens with zero attached hydrogens (tertiary/aromatic N) is 2. The summed E-state index contributed by atoms with van der Waals surface area (Å²) >= 11 is 4.99. The Morgan fingerprint density at radius 1 is 1.13 bits per heavy atom. The molecule has 8 nitrogen and oxygen atoms in total. The second kappa shape index (κ2) is 10.6. The quantitative estimate of drug-likeness (QED) is 0.219. The molecule has 202 valence electrons. The third-order valence-electron chi connectivity index (χ3n) is 7.11. The molecule has 1 saturated heterocycles. The van der Waals surface area contributed by atoms with Gasteiger partial charge < -0.3 is 9.30 Å². The first-order valence-electron chi connectivity index (χ1n) is 12.8. The van der Waals surface area contributed by atoms with Gasteiger partial charge in [0.05, 0.1) is 17.9 Å². The summed E-state index contributed by atoms with van der Waals surface area (Å²) in [5, 5.41) is 3.09. The number of hydrogen-bond acceptors (Lipinski definition) is 6. The van der Waals surface area contributed by atoms with Gasteiger partial charge in [0.2, 0.25) is 0 Å². The smallest absolute Gasteiger partial charge is 0.341 e. The van der Waals surface area contributed by atoms with E-state index in [2.05, 4.69) is 21.2 Å². The fourth-order valence-electron chi connectivity index (χ4n) is 5.27. The number of amides is 4. The zero-order chi connectivity index (χ0) is 28.0. The molecule has 1 N–H and O–H groups in total. The van der Waals surface area contributed by atoms with E-state index in [-0.39, 0.29) is 18.1 Å². The fraction of sp³-hybridized carbons (Fsp3) is 0.310. The Balaban J connectivity index is 1.59. The first-order chi connectivity index (χ1) is 18.6. The highest BCUT2D eigenvalue weighted by atomic mass is 79.9. The van der Waals surface area contributed by atoms with Crippen LogP contribution in [0.3, 0.4) is 0 Å². The number of fused-ring (bicyclic) bond motifs is 1. The number of aromatic nitrogens is 1. The normalized spacial score (nSPS) is 16.5. The van der Waals surface area contributed by atoms with Crippen molar-refractivity contribution in [2.45, 2.75) is 53.4 Å². The number of rotatable bonds is 5. The van der Waals surface area contributed by atoms with Gasteiger partial charge in [0, 0.05) is 20.7 Å². The van der Waals surface area contributed by atoms with Crippen LogP contribution in [0.15, 0.2) is 34.3 Å². The zero-order valence-corrected chi connectivity index (χ0v) is 24.5. The first-order valence-corrected chi connectivity index (χ1v) is 14.4. The molecule has 1 aliphatic heterocycles. The van der Waals surface area contributed by atoms with Gasteiger partial charge >= 0.3 is 12.0 Å². The maximum atomic E-state index is 13.5. The third kappa shape index (κ3) is 4.76. The van der Waals surface area contributed by atoms with Crippen LogP contribution in [0, 0.1) is 20.8 Å². The number of ether oxygens (including phenoxy) is 1. The van der Waals surface area contributed by atoms with Crippen molar-refractivity contribution in [2.75, 3.05) is 11.5 Å². The summed E-state index contributed by atoms with van der Waals surface area (Å²) in [4.78, 5) is 54.3. The highest BCUT2D eigenvalue weighted by Crippen LogP contribution is 2.39. The average molecular weight is 611 g/mol. The van der Waals surface area contributed by atoms with Gasteiger partial charge in [-0.3, -0.25) is 14.9 Å². The van der Waals surface area contributed by atoms with Gasteiger partial charge in [-0.2, -0.15) is 0 Å².